The molecule has 0 unspecified atom stereocenters. The van der Waals surface area contributed by atoms with Gasteiger partial charge in [0.1, 0.15) is 0 Å². The highest BCUT2D eigenvalue weighted by Gasteiger charge is 2.19. The van der Waals surface area contributed by atoms with E-state index in [1.807, 2.05) is 12.3 Å². The Kier molecular flexibility index (Phi) is 4.02. The first-order valence-electron chi connectivity index (χ1n) is 7.64. The Morgan fingerprint density at radius 3 is 2.75 bits per heavy atom. The molecule has 4 heterocycles. The molecule has 1 saturated heterocycles. The Labute approximate surface area is 146 Å². The van der Waals surface area contributed by atoms with Crippen LogP contribution in [-0.2, 0) is 7.05 Å². The van der Waals surface area contributed by atoms with Gasteiger partial charge in [0.15, 0.2) is 20.7 Å². The standard InChI is InChI=1S/C14H17N7OS2/c1-8-7-23-14(16-8)24-13-19-10-9(11(22)20(13)2)17-12(18-10)21-5-3-15-4-6-21/h7,15H,3-6H2,1-2H3,(H,17,18). The molecule has 24 heavy (non-hydrogen) atoms. The summed E-state index contributed by atoms with van der Waals surface area (Å²) in [6, 6.07) is 0. The molecular formula is C14H17N7OS2. The lowest BCUT2D eigenvalue weighted by molar-refractivity contribution is 0.582. The van der Waals surface area contributed by atoms with Gasteiger partial charge < -0.3 is 15.2 Å². The van der Waals surface area contributed by atoms with Crippen molar-refractivity contribution in [2.45, 2.75) is 16.4 Å². The smallest absolute Gasteiger partial charge is 0.280 e. The molecule has 4 rings (SSSR count). The molecule has 0 saturated carbocycles. The maximum Gasteiger partial charge on any atom is 0.280 e. The third kappa shape index (κ3) is 2.80. The number of piperazine rings is 1. The van der Waals surface area contributed by atoms with E-state index in [4.69, 9.17) is 0 Å². The van der Waals surface area contributed by atoms with Gasteiger partial charge in [-0.2, -0.15) is 4.98 Å². The number of hydrogen-bond donors (Lipinski definition) is 2. The van der Waals surface area contributed by atoms with Crippen LogP contribution in [0.3, 0.4) is 0 Å². The van der Waals surface area contributed by atoms with Gasteiger partial charge in [-0.3, -0.25) is 9.36 Å². The molecule has 3 aromatic rings. The van der Waals surface area contributed by atoms with Gasteiger partial charge in [-0.15, -0.1) is 11.3 Å². The number of aromatic nitrogens is 5. The lowest BCUT2D eigenvalue weighted by Crippen LogP contribution is -2.44. The maximum atomic E-state index is 12.6. The Hall–Kier alpha value is -1.91. The van der Waals surface area contributed by atoms with E-state index in [1.165, 1.54) is 11.8 Å². The van der Waals surface area contributed by atoms with Gasteiger partial charge in [-0.05, 0) is 18.7 Å². The topological polar surface area (TPSA) is 91.7 Å². The van der Waals surface area contributed by atoms with Crippen molar-refractivity contribution < 1.29 is 0 Å². The maximum absolute atomic E-state index is 12.6. The minimum Gasteiger partial charge on any atom is -0.340 e. The Morgan fingerprint density at radius 2 is 2.04 bits per heavy atom. The van der Waals surface area contributed by atoms with Gasteiger partial charge in [0.25, 0.3) is 5.56 Å². The predicted molar refractivity (Wildman–Crippen MR) is 95.2 cm³/mol. The fourth-order valence-corrected chi connectivity index (χ4v) is 4.36. The molecule has 1 aliphatic heterocycles. The normalized spacial score (nSPS) is 15.3. The molecule has 0 spiro atoms. The lowest BCUT2D eigenvalue weighted by atomic mass is 10.4. The molecule has 0 amide bonds. The fraction of sp³-hybridized carbons (Fsp3) is 0.429. The van der Waals surface area contributed by atoms with Crippen LogP contribution in [0.25, 0.3) is 11.2 Å². The predicted octanol–water partition coefficient (Wildman–Crippen LogP) is 0.982. The molecule has 0 aliphatic carbocycles. The second-order valence-corrected chi connectivity index (χ2v) is 7.68. The van der Waals surface area contributed by atoms with E-state index < -0.39 is 0 Å². The molecule has 1 fully saturated rings. The molecule has 10 heteroatoms. The first-order valence-corrected chi connectivity index (χ1v) is 9.34. The van der Waals surface area contributed by atoms with Crippen LogP contribution >= 0.6 is 23.1 Å². The van der Waals surface area contributed by atoms with E-state index in [9.17, 15) is 4.79 Å². The summed E-state index contributed by atoms with van der Waals surface area (Å²) in [6.45, 7) is 5.49. The zero-order valence-corrected chi connectivity index (χ0v) is 15.0. The molecule has 0 atom stereocenters. The van der Waals surface area contributed by atoms with Crippen LogP contribution in [0.2, 0.25) is 0 Å². The number of nitrogens with one attached hydrogen (secondary N) is 2. The Balaban J connectivity index is 1.73. The van der Waals surface area contributed by atoms with Crippen molar-refractivity contribution in [3.8, 4) is 0 Å². The van der Waals surface area contributed by atoms with Gasteiger partial charge >= 0.3 is 0 Å². The fourth-order valence-electron chi connectivity index (χ4n) is 2.58. The van der Waals surface area contributed by atoms with Crippen molar-refractivity contribution in [1.82, 2.24) is 29.8 Å². The molecule has 0 aromatic carbocycles. The number of thiazole rings is 1. The summed E-state index contributed by atoms with van der Waals surface area (Å²) in [5.74, 6) is 0.711. The summed E-state index contributed by atoms with van der Waals surface area (Å²) < 4.78 is 2.41. The van der Waals surface area contributed by atoms with Gasteiger partial charge in [-0.25, -0.2) is 9.97 Å². The summed E-state index contributed by atoms with van der Waals surface area (Å²) in [5.41, 5.74) is 1.76. The number of H-pyrrole nitrogens is 1. The van der Waals surface area contributed by atoms with E-state index >= 15 is 0 Å². The summed E-state index contributed by atoms with van der Waals surface area (Å²) in [7, 11) is 1.73. The number of hydrogen-bond acceptors (Lipinski definition) is 8. The number of imidazole rings is 1. The van der Waals surface area contributed by atoms with Crippen LogP contribution in [0.1, 0.15) is 5.69 Å². The molecular weight excluding hydrogens is 346 g/mol. The van der Waals surface area contributed by atoms with Gasteiger partial charge in [0.05, 0.1) is 0 Å². The van der Waals surface area contributed by atoms with Crippen LogP contribution < -0.4 is 15.8 Å². The minimum absolute atomic E-state index is 0.121. The zero-order chi connectivity index (χ0) is 16.7. The third-order valence-electron chi connectivity index (χ3n) is 3.87. The number of aryl methyl sites for hydroxylation is 1. The quantitative estimate of drug-likeness (QED) is 0.670. The SMILES string of the molecule is Cc1csc(Sc2nc3nc(N4CCNCC4)[nH]c3c(=O)n2C)n1. The average Bonchev–Trinajstić information content (AvgIpc) is 3.20. The number of nitrogens with zero attached hydrogens (tertiary/aromatic N) is 5. The zero-order valence-electron chi connectivity index (χ0n) is 13.4. The summed E-state index contributed by atoms with van der Waals surface area (Å²) in [4.78, 5) is 31.4. The van der Waals surface area contributed by atoms with Gasteiger partial charge in [0.2, 0.25) is 5.95 Å². The van der Waals surface area contributed by atoms with Crippen LogP contribution in [0.4, 0.5) is 5.95 Å². The highest BCUT2D eigenvalue weighted by Crippen LogP contribution is 2.28. The van der Waals surface area contributed by atoms with E-state index in [2.05, 4.69) is 30.2 Å². The van der Waals surface area contributed by atoms with Crippen molar-refractivity contribution in [2.24, 2.45) is 7.05 Å². The van der Waals surface area contributed by atoms with E-state index in [0.717, 1.165) is 36.2 Å². The van der Waals surface area contributed by atoms with Crippen LogP contribution in [0.15, 0.2) is 19.7 Å². The first-order chi connectivity index (χ1) is 11.6. The largest absolute Gasteiger partial charge is 0.340 e. The van der Waals surface area contributed by atoms with Crippen molar-refractivity contribution in [2.75, 3.05) is 31.1 Å². The van der Waals surface area contributed by atoms with Crippen molar-refractivity contribution in [1.29, 1.82) is 0 Å². The first kappa shape index (κ1) is 15.6. The third-order valence-corrected chi connectivity index (χ3v) is 5.98. The molecule has 1 aliphatic rings. The molecule has 3 aromatic heterocycles. The molecule has 8 nitrogen and oxygen atoms in total. The second kappa shape index (κ2) is 6.19. The number of rotatable bonds is 3. The number of anilines is 1. The number of aromatic amines is 1. The lowest BCUT2D eigenvalue weighted by Gasteiger charge is -2.26. The van der Waals surface area contributed by atoms with Gasteiger partial charge in [0, 0.05) is 44.3 Å². The molecule has 0 bridgehead atoms. The van der Waals surface area contributed by atoms with E-state index in [0.29, 0.717) is 22.3 Å². The van der Waals surface area contributed by atoms with Gasteiger partial charge in [-0.1, -0.05) is 0 Å². The summed E-state index contributed by atoms with van der Waals surface area (Å²) >= 11 is 2.94. The molecule has 126 valence electrons. The number of fused-ring (bicyclic) bond motifs is 1. The van der Waals surface area contributed by atoms with Crippen LogP contribution in [0.5, 0.6) is 0 Å². The summed E-state index contributed by atoms with van der Waals surface area (Å²) in [5, 5.41) is 5.88. The van der Waals surface area contributed by atoms with Crippen molar-refractivity contribution >= 4 is 40.2 Å². The van der Waals surface area contributed by atoms with Crippen LogP contribution in [-0.4, -0.2) is 50.7 Å². The van der Waals surface area contributed by atoms with Crippen molar-refractivity contribution in [3.63, 3.8) is 0 Å². The molecule has 2 N–H and O–H groups in total. The molecule has 0 radical (unpaired) electrons. The monoisotopic (exact) mass is 363 g/mol. The van der Waals surface area contributed by atoms with E-state index in [-0.39, 0.29) is 5.56 Å². The Bertz CT molecular complexity index is 938. The van der Waals surface area contributed by atoms with Crippen LogP contribution in [0, 0.1) is 6.92 Å². The van der Waals surface area contributed by atoms with Crippen molar-refractivity contribution in [3.05, 3.63) is 21.4 Å². The summed E-state index contributed by atoms with van der Waals surface area (Å²) in [6.07, 6.45) is 0. The Morgan fingerprint density at radius 1 is 1.25 bits per heavy atom. The van der Waals surface area contributed by atoms with E-state index in [1.54, 1.807) is 23.0 Å². The highest BCUT2D eigenvalue weighted by atomic mass is 32.2. The second-order valence-electron chi connectivity index (χ2n) is 5.61. The highest BCUT2D eigenvalue weighted by molar-refractivity contribution is 8.00. The minimum atomic E-state index is -0.121. The average molecular weight is 363 g/mol.